The molecular weight excluding hydrogens is 378 g/mol. The maximum Gasteiger partial charge on any atom is 0.410 e. The molecule has 29 heavy (non-hydrogen) atoms. The Morgan fingerprint density at radius 2 is 1.48 bits per heavy atom. The largest absolute Gasteiger partial charge is 0.444 e. The topological polar surface area (TPSA) is 102 Å². The van der Waals surface area contributed by atoms with Gasteiger partial charge in [-0.15, -0.1) is 0 Å². The average molecular weight is 407 g/mol. The summed E-state index contributed by atoms with van der Waals surface area (Å²) >= 11 is 0. The monoisotopic (exact) mass is 407 g/mol. The van der Waals surface area contributed by atoms with E-state index in [0.29, 0.717) is 12.1 Å². The number of non-ortho nitro benzene ring substituents is 1. The number of hydrogen-bond acceptors (Lipinski definition) is 6. The fraction of sp³-hybridized carbons (Fsp3) is 0.600. The number of nitrogens with zero attached hydrogens (tertiary/aromatic N) is 3. The zero-order chi connectivity index (χ0) is 22.0. The number of carbonyl (C=O) groups is 2. The van der Waals surface area contributed by atoms with E-state index in [1.165, 1.54) is 17.0 Å². The van der Waals surface area contributed by atoms with E-state index < -0.39 is 34.4 Å². The highest BCUT2D eigenvalue weighted by atomic mass is 16.6. The Morgan fingerprint density at radius 3 is 1.97 bits per heavy atom. The summed E-state index contributed by atoms with van der Waals surface area (Å²) in [5.74, 6) is 0. The Morgan fingerprint density at radius 1 is 0.966 bits per heavy atom. The van der Waals surface area contributed by atoms with Gasteiger partial charge in [0.15, 0.2) is 0 Å². The van der Waals surface area contributed by atoms with E-state index in [-0.39, 0.29) is 18.8 Å². The highest BCUT2D eigenvalue weighted by Gasteiger charge is 2.37. The molecule has 1 aliphatic rings. The molecule has 160 valence electrons. The van der Waals surface area contributed by atoms with Crippen LogP contribution in [-0.2, 0) is 9.47 Å². The Hall–Kier alpha value is -2.84. The van der Waals surface area contributed by atoms with Crippen LogP contribution in [0, 0.1) is 10.1 Å². The number of rotatable bonds is 2. The number of nitro groups is 1. The van der Waals surface area contributed by atoms with Crippen LogP contribution >= 0.6 is 0 Å². The summed E-state index contributed by atoms with van der Waals surface area (Å²) in [6.07, 6.45) is -0.960. The van der Waals surface area contributed by atoms with Gasteiger partial charge in [-0.25, -0.2) is 9.59 Å². The Balaban J connectivity index is 2.29. The predicted octanol–water partition coefficient (Wildman–Crippen LogP) is 4.12. The molecule has 2 amide bonds. The van der Waals surface area contributed by atoms with Gasteiger partial charge < -0.3 is 14.4 Å². The predicted molar refractivity (Wildman–Crippen MR) is 107 cm³/mol. The molecule has 2 rings (SSSR count). The summed E-state index contributed by atoms with van der Waals surface area (Å²) in [6, 6.07) is 5.45. The lowest BCUT2D eigenvalue weighted by molar-refractivity contribution is -0.384. The van der Waals surface area contributed by atoms with Crippen molar-refractivity contribution in [3.05, 3.63) is 39.9 Å². The third-order valence-corrected chi connectivity index (χ3v) is 4.15. The molecule has 0 aromatic heterocycles. The van der Waals surface area contributed by atoms with Crippen LogP contribution in [0.3, 0.4) is 0 Å². The van der Waals surface area contributed by atoms with Crippen LogP contribution < -0.4 is 0 Å². The fourth-order valence-electron chi connectivity index (χ4n) is 2.92. The van der Waals surface area contributed by atoms with Crippen LogP contribution in [0.1, 0.15) is 53.1 Å². The minimum atomic E-state index is -0.667. The second kappa shape index (κ2) is 8.26. The molecule has 0 bridgehead atoms. The van der Waals surface area contributed by atoms with Crippen molar-refractivity contribution in [3.8, 4) is 0 Å². The summed E-state index contributed by atoms with van der Waals surface area (Å²) in [7, 11) is 0. The first-order chi connectivity index (χ1) is 13.3. The smallest absolute Gasteiger partial charge is 0.410 e. The van der Waals surface area contributed by atoms with Gasteiger partial charge in [-0.2, -0.15) is 0 Å². The van der Waals surface area contributed by atoms with Crippen molar-refractivity contribution in [2.45, 2.75) is 58.8 Å². The zero-order valence-electron chi connectivity index (χ0n) is 17.8. The number of piperazine rings is 1. The summed E-state index contributed by atoms with van der Waals surface area (Å²) in [5.41, 5.74) is -0.672. The van der Waals surface area contributed by atoms with Crippen LogP contribution in [0.4, 0.5) is 15.3 Å². The molecule has 0 aliphatic carbocycles. The summed E-state index contributed by atoms with van der Waals surface area (Å²) in [5, 5.41) is 10.9. The molecule has 0 radical (unpaired) electrons. The van der Waals surface area contributed by atoms with Crippen LogP contribution in [0.15, 0.2) is 24.3 Å². The molecule has 1 aliphatic heterocycles. The molecule has 1 aromatic rings. The summed E-state index contributed by atoms with van der Waals surface area (Å²) in [4.78, 5) is 38.8. The lowest BCUT2D eigenvalue weighted by Crippen LogP contribution is -2.54. The van der Waals surface area contributed by atoms with Gasteiger partial charge in [0.2, 0.25) is 0 Å². The molecule has 9 nitrogen and oxygen atoms in total. The third-order valence-electron chi connectivity index (χ3n) is 4.15. The van der Waals surface area contributed by atoms with Crippen LogP contribution in [0.5, 0.6) is 0 Å². The van der Waals surface area contributed by atoms with Crippen LogP contribution in [-0.4, -0.2) is 57.7 Å². The SMILES string of the molecule is CC(C)(C)OC(=O)N1CCN(C(=O)OC(C)(C)C)C(c2ccc([N+](=O)[O-])cc2)C1. The maximum atomic E-state index is 12.7. The summed E-state index contributed by atoms with van der Waals surface area (Å²) < 4.78 is 11.0. The molecule has 1 fully saturated rings. The normalized spacial score (nSPS) is 17.7. The van der Waals surface area contributed by atoms with E-state index in [9.17, 15) is 19.7 Å². The summed E-state index contributed by atoms with van der Waals surface area (Å²) in [6.45, 7) is 11.5. The van der Waals surface area contributed by atoms with Crippen molar-refractivity contribution >= 4 is 17.9 Å². The molecule has 1 saturated heterocycles. The Kier molecular flexibility index (Phi) is 6.40. The molecular formula is C20H29N3O6. The molecule has 0 spiro atoms. The van der Waals surface area contributed by atoms with Gasteiger partial charge in [-0.3, -0.25) is 15.0 Å². The van der Waals surface area contributed by atoms with E-state index in [1.807, 2.05) is 0 Å². The van der Waals surface area contributed by atoms with Crippen molar-refractivity contribution in [1.82, 2.24) is 9.80 Å². The molecule has 0 N–H and O–H groups in total. The number of amides is 2. The molecule has 1 heterocycles. The van der Waals surface area contributed by atoms with Crippen molar-refractivity contribution in [1.29, 1.82) is 0 Å². The zero-order valence-corrected chi connectivity index (χ0v) is 17.8. The van der Waals surface area contributed by atoms with E-state index in [0.717, 1.165) is 0 Å². The molecule has 0 saturated carbocycles. The average Bonchev–Trinajstić information content (AvgIpc) is 2.58. The van der Waals surface area contributed by atoms with Crippen molar-refractivity contribution < 1.29 is 24.0 Å². The van der Waals surface area contributed by atoms with Gasteiger partial charge >= 0.3 is 12.2 Å². The first-order valence-electron chi connectivity index (χ1n) is 9.49. The number of carbonyl (C=O) groups excluding carboxylic acids is 2. The minimum absolute atomic E-state index is 0.0441. The second-order valence-electron chi connectivity index (χ2n) is 8.96. The van der Waals surface area contributed by atoms with E-state index in [4.69, 9.17) is 9.47 Å². The van der Waals surface area contributed by atoms with Gasteiger partial charge in [0.05, 0.1) is 11.0 Å². The lowest BCUT2D eigenvalue weighted by Gasteiger charge is -2.42. The van der Waals surface area contributed by atoms with Crippen molar-refractivity contribution in [3.63, 3.8) is 0 Å². The molecule has 9 heteroatoms. The number of benzene rings is 1. The highest BCUT2D eigenvalue weighted by molar-refractivity contribution is 5.71. The highest BCUT2D eigenvalue weighted by Crippen LogP contribution is 2.29. The lowest BCUT2D eigenvalue weighted by atomic mass is 10.0. The van der Waals surface area contributed by atoms with Crippen molar-refractivity contribution in [2.24, 2.45) is 0 Å². The van der Waals surface area contributed by atoms with Crippen LogP contribution in [0.2, 0.25) is 0 Å². The van der Waals surface area contributed by atoms with E-state index in [2.05, 4.69) is 0 Å². The van der Waals surface area contributed by atoms with E-state index >= 15 is 0 Å². The quantitative estimate of drug-likeness (QED) is 0.540. The minimum Gasteiger partial charge on any atom is -0.444 e. The first-order valence-corrected chi connectivity index (χ1v) is 9.49. The molecule has 1 atom stereocenters. The third kappa shape index (κ3) is 6.33. The first kappa shape index (κ1) is 22.4. The van der Waals surface area contributed by atoms with E-state index in [1.54, 1.807) is 58.6 Å². The molecule has 1 unspecified atom stereocenters. The van der Waals surface area contributed by atoms with Crippen LogP contribution in [0.25, 0.3) is 0 Å². The number of hydrogen-bond donors (Lipinski definition) is 0. The van der Waals surface area contributed by atoms with Crippen molar-refractivity contribution in [2.75, 3.05) is 19.6 Å². The Bertz CT molecular complexity index is 764. The number of ether oxygens (including phenoxy) is 2. The van der Waals surface area contributed by atoms with Gasteiger partial charge in [0.25, 0.3) is 5.69 Å². The Labute approximate surface area is 170 Å². The maximum absolute atomic E-state index is 12.7. The standard InChI is InChI=1S/C20H29N3O6/c1-19(2,3)28-17(24)21-11-12-22(18(25)29-20(4,5)6)16(13-21)14-7-9-15(10-8-14)23(26)27/h7-10,16H,11-13H2,1-6H3. The molecule has 1 aromatic carbocycles. The fourth-order valence-corrected chi connectivity index (χ4v) is 2.92. The second-order valence-corrected chi connectivity index (χ2v) is 8.96. The van der Waals surface area contributed by atoms with Gasteiger partial charge in [0, 0.05) is 31.8 Å². The van der Waals surface area contributed by atoms with Gasteiger partial charge in [-0.1, -0.05) is 12.1 Å². The van der Waals surface area contributed by atoms with Gasteiger partial charge in [-0.05, 0) is 47.1 Å². The van der Waals surface area contributed by atoms with Gasteiger partial charge in [0.1, 0.15) is 11.2 Å². The number of nitro benzene ring substituents is 1.